The molecule has 0 spiro atoms. The first-order valence-electron chi connectivity index (χ1n) is 4.87. The lowest BCUT2D eigenvalue weighted by atomic mass is 10.0. The summed E-state index contributed by atoms with van der Waals surface area (Å²) in [6.07, 6.45) is 3.28. The largest absolute Gasteiger partial charge is 0.427 e. The Morgan fingerprint density at radius 1 is 1.67 bits per heavy atom. The van der Waals surface area contributed by atoms with Crippen LogP contribution in [0.5, 0.6) is 0 Å². The van der Waals surface area contributed by atoms with E-state index in [1.54, 1.807) is 6.92 Å². The van der Waals surface area contributed by atoms with Crippen molar-refractivity contribution in [2.24, 2.45) is 0 Å². The van der Waals surface area contributed by atoms with E-state index in [1.807, 2.05) is 0 Å². The van der Waals surface area contributed by atoms with Crippen molar-refractivity contribution in [1.29, 1.82) is 0 Å². The van der Waals surface area contributed by atoms with E-state index in [2.05, 4.69) is 4.74 Å². The van der Waals surface area contributed by atoms with E-state index in [9.17, 15) is 14.0 Å². The molecule has 0 aromatic rings. The number of esters is 1. The molecule has 0 amide bonds. The summed E-state index contributed by atoms with van der Waals surface area (Å²) < 4.78 is 17.9. The Labute approximate surface area is 87.6 Å². The fourth-order valence-corrected chi connectivity index (χ4v) is 1.21. The lowest BCUT2D eigenvalue weighted by Crippen LogP contribution is -2.18. The lowest BCUT2D eigenvalue weighted by Gasteiger charge is -2.13. The van der Waals surface area contributed by atoms with Crippen molar-refractivity contribution >= 4 is 11.8 Å². The number of allylic oxidation sites excluding steroid dienone is 3. The zero-order valence-electron chi connectivity index (χ0n) is 8.53. The molecule has 0 bridgehead atoms. The second-order valence-corrected chi connectivity index (χ2v) is 3.30. The van der Waals surface area contributed by atoms with Gasteiger partial charge in [0, 0.05) is 18.4 Å². The topological polar surface area (TPSA) is 43.4 Å². The van der Waals surface area contributed by atoms with Crippen LogP contribution in [0, 0.1) is 0 Å². The smallest absolute Gasteiger partial charge is 0.308 e. The molecule has 0 aromatic carbocycles. The number of hydrogen-bond acceptors (Lipinski definition) is 3. The van der Waals surface area contributed by atoms with Crippen LogP contribution in [-0.2, 0) is 14.3 Å². The van der Waals surface area contributed by atoms with Gasteiger partial charge < -0.3 is 4.74 Å². The Hall–Kier alpha value is -1.45. The van der Waals surface area contributed by atoms with Crippen LogP contribution in [0.1, 0.15) is 26.2 Å². The van der Waals surface area contributed by atoms with Crippen LogP contribution in [0.2, 0.25) is 0 Å². The fraction of sp³-hybridized carbons (Fsp3) is 0.455. The monoisotopic (exact) mass is 212 g/mol. The molecule has 0 aromatic heterocycles. The Morgan fingerprint density at radius 3 is 3.00 bits per heavy atom. The molecule has 0 saturated carbocycles. The summed E-state index contributed by atoms with van der Waals surface area (Å²) >= 11 is 0. The van der Waals surface area contributed by atoms with Crippen molar-refractivity contribution in [2.75, 3.05) is 0 Å². The van der Waals surface area contributed by atoms with Crippen molar-refractivity contribution in [1.82, 2.24) is 0 Å². The average molecular weight is 212 g/mol. The number of hydrogen-bond donors (Lipinski definition) is 0. The molecule has 0 radical (unpaired) electrons. The minimum Gasteiger partial charge on any atom is -0.427 e. The van der Waals surface area contributed by atoms with Crippen molar-refractivity contribution in [2.45, 2.75) is 32.5 Å². The summed E-state index contributed by atoms with van der Waals surface area (Å²) in [7, 11) is 0. The Bertz CT molecular complexity index is 318. The maximum absolute atomic E-state index is 13.3. The summed E-state index contributed by atoms with van der Waals surface area (Å²) in [6, 6.07) is 0. The molecule has 1 rings (SSSR count). The first-order chi connectivity index (χ1) is 7.13. The Balaban J connectivity index is 2.50. The molecule has 0 aliphatic heterocycles. The van der Waals surface area contributed by atoms with Crippen LogP contribution in [-0.4, -0.2) is 18.1 Å². The summed E-state index contributed by atoms with van der Waals surface area (Å²) in [4.78, 5) is 21.9. The SMILES string of the molecule is CCCC(=O)OC(F)C1=CC=CC(=O)C1. The summed E-state index contributed by atoms with van der Waals surface area (Å²) in [5, 5.41) is 0. The molecule has 1 aliphatic rings. The van der Waals surface area contributed by atoms with Crippen LogP contribution in [0.3, 0.4) is 0 Å². The van der Waals surface area contributed by atoms with Gasteiger partial charge in [-0.3, -0.25) is 9.59 Å². The summed E-state index contributed by atoms with van der Waals surface area (Å²) in [6.45, 7) is 1.81. The van der Waals surface area contributed by atoms with Gasteiger partial charge in [-0.25, -0.2) is 0 Å². The molecule has 0 fully saturated rings. The van der Waals surface area contributed by atoms with E-state index in [-0.39, 0.29) is 24.2 Å². The average Bonchev–Trinajstić information content (AvgIpc) is 2.18. The standard InChI is InChI=1S/C11H13FO3/c1-2-4-10(14)15-11(12)8-5-3-6-9(13)7-8/h3,5-6,11H,2,4,7H2,1H3. The van der Waals surface area contributed by atoms with Gasteiger partial charge in [0.15, 0.2) is 5.78 Å². The molecule has 1 atom stereocenters. The van der Waals surface area contributed by atoms with E-state index >= 15 is 0 Å². The molecule has 15 heavy (non-hydrogen) atoms. The highest BCUT2D eigenvalue weighted by molar-refractivity contribution is 5.93. The van der Waals surface area contributed by atoms with Gasteiger partial charge in [-0.1, -0.05) is 19.1 Å². The summed E-state index contributed by atoms with van der Waals surface area (Å²) in [5.41, 5.74) is 0.201. The van der Waals surface area contributed by atoms with Gasteiger partial charge in [0.1, 0.15) is 0 Å². The number of rotatable bonds is 4. The minimum atomic E-state index is -1.79. The predicted octanol–water partition coefficient (Wildman–Crippen LogP) is 2.08. The van der Waals surface area contributed by atoms with Crippen LogP contribution in [0.15, 0.2) is 23.8 Å². The zero-order valence-corrected chi connectivity index (χ0v) is 8.53. The lowest BCUT2D eigenvalue weighted by molar-refractivity contribution is -0.154. The van der Waals surface area contributed by atoms with E-state index in [0.717, 1.165) is 0 Å². The van der Waals surface area contributed by atoms with Gasteiger partial charge in [-0.05, 0) is 12.5 Å². The number of halogens is 1. The van der Waals surface area contributed by atoms with Gasteiger partial charge in [0.2, 0.25) is 0 Å². The van der Waals surface area contributed by atoms with Crippen molar-refractivity contribution in [3.63, 3.8) is 0 Å². The highest BCUT2D eigenvalue weighted by Gasteiger charge is 2.20. The minimum absolute atomic E-state index is 0.0168. The molecule has 0 heterocycles. The normalized spacial score (nSPS) is 17.2. The van der Waals surface area contributed by atoms with Gasteiger partial charge in [0.05, 0.1) is 0 Å². The van der Waals surface area contributed by atoms with Gasteiger partial charge >= 0.3 is 5.97 Å². The Kier molecular flexibility index (Phi) is 4.21. The first-order valence-corrected chi connectivity index (χ1v) is 4.87. The molecule has 82 valence electrons. The second-order valence-electron chi connectivity index (χ2n) is 3.30. The Morgan fingerprint density at radius 2 is 2.40 bits per heavy atom. The number of alkyl halides is 1. The second kappa shape index (κ2) is 5.44. The third kappa shape index (κ3) is 3.65. The highest BCUT2D eigenvalue weighted by Crippen LogP contribution is 2.17. The third-order valence-corrected chi connectivity index (χ3v) is 1.95. The third-order valence-electron chi connectivity index (χ3n) is 1.95. The van der Waals surface area contributed by atoms with E-state index < -0.39 is 12.3 Å². The van der Waals surface area contributed by atoms with Gasteiger partial charge in [-0.15, -0.1) is 0 Å². The number of ether oxygens (including phenoxy) is 1. The van der Waals surface area contributed by atoms with Crippen molar-refractivity contribution in [3.8, 4) is 0 Å². The van der Waals surface area contributed by atoms with Crippen LogP contribution < -0.4 is 0 Å². The molecule has 4 heteroatoms. The van der Waals surface area contributed by atoms with Crippen LogP contribution in [0.4, 0.5) is 4.39 Å². The van der Waals surface area contributed by atoms with Crippen molar-refractivity contribution in [3.05, 3.63) is 23.8 Å². The van der Waals surface area contributed by atoms with Crippen molar-refractivity contribution < 1.29 is 18.7 Å². The zero-order chi connectivity index (χ0) is 11.3. The maximum atomic E-state index is 13.3. The maximum Gasteiger partial charge on any atom is 0.308 e. The van der Waals surface area contributed by atoms with Crippen LogP contribution >= 0.6 is 0 Å². The quantitative estimate of drug-likeness (QED) is 0.670. The molecule has 1 aliphatic carbocycles. The highest BCUT2D eigenvalue weighted by atomic mass is 19.1. The van der Waals surface area contributed by atoms with Gasteiger partial charge in [0.25, 0.3) is 6.36 Å². The van der Waals surface area contributed by atoms with Crippen LogP contribution in [0.25, 0.3) is 0 Å². The number of ketones is 1. The van der Waals surface area contributed by atoms with E-state index in [0.29, 0.717) is 6.42 Å². The number of carbonyl (C=O) groups is 2. The van der Waals surface area contributed by atoms with E-state index in [1.165, 1.54) is 18.2 Å². The predicted molar refractivity (Wildman–Crippen MR) is 52.7 cm³/mol. The summed E-state index contributed by atoms with van der Waals surface area (Å²) in [5.74, 6) is -0.755. The molecular weight excluding hydrogens is 199 g/mol. The molecule has 0 saturated heterocycles. The fourth-order valence-electron chi connectivity index (χ4n) is 1.21. The molecule has 0 N–H and O–H groups in total. The van der Waals surface area contributed by atoms with E-state index in [4.69, 9.17) is 0 Å². The number of carbonyl (C=O) groups excluding carboxylic acids is 2. The van der Waals surface area contributed by atoms with Gasteiger partial charge in [-0.2, -0.15) is 4.39 Å². The molecule has 1 unspecified atom stereocenters. The first kappa shape index (κ1) is 11.6. The molecule has 3 nitrogen and oxygen atoms in total. The molecular formula is C11H13FO3.